The van der Waals surface area contributed by atoms with E-state index in [1.54, 1.807) is 38.1 Å². The van der Waals surface area contributed by atoms with Crippen LogP contribution in [0.3, 0.4) is 0 Å². The van der Waals surface area contributed by atoms with Crippen molar-refractivity contribution in [2.45, 2.75) is 32.7 Å². The molecule has 2 heterocycles. The van der Waals surface area contributed by atoms with Crippen LogP contribution < -0.4 is 10.6 Å². The molecule has 0 saturated carbocycles. The lowest BCUT2D eigenvalue weighted by Gasteiger charge is -2.15. The molecule has 0 unspecified atom stereocenters. The lowest BCUT2D eigenvalue weighted by molar-refractivity contribution is -0.116. The Labute approximate surface area is 192 Å². The van der Waals surface area contributed by atoms with Gasteiger partial charge in [0.2, 0.25) is 17.6 Å². The lowest BCUT2D eigenvalue weighted by Crippen LogP contribution is -2.37. The van der Waals surface area contributed by atoms with Crippen molar-refractivity contribution in [3.8, 4) is 17.5 Å². The van der Waals surface area contributed by atoms with Crippen molar-refractivity contribution in [1.82, 2.24) is 20.4 Å². The molecule has 0 aliphatic rings. The molecule has 0 radical (unpaired) electrons. The van der Waals surface area contributed by atoms with E-state index in [0.717, 1.165) is 11.3 Å². The molecule has 0 saturated heterocycles. The van der Waals surface area contributed by atoms with Crippen LogP contribution in [0.4, 0.5) is 5.13 Å². The minimum atomic E-state index is -0.736. The summed E-state index contributed by atoms with van der Waals surface area (Å²) in [6, 6.07) is 7.83. The molecule has 0 aliphatic carbocycles. The fourth-order valence-electron chi connectivity index (χ4n) is 2.90. The zero-order valence-corrected chi connectivity index (χ0v) is 18.9. The molecule has 0 spiro atoms. The van der Waals surface area contributed by atoms with E-state index < -0.39 is 23.8 Å². The Morgan fingerprint density at radius 1 is 1.27 bits per heavy atom. The zero-order chi connectivity index (χ0) is 24.0. The number of esters is 1. The van der Waals surface area contributed by atoms with Gasteiger partial charge in [-0.15, -0.1) is 0 Å². The quantitative estimate of drug-likeness (QED) is 0.474. The number of nitrogens with one attached hydrogen (secondary N) is 2. The predicted molar refractivity (Wildman–Crippen MR) is 117 cm³/mol. The molecule has 170 valence electrons. The fourth-order valence-corrected chi connectivity index (χ4v) is 3.80. The van der Waals surface area contributed by atoms with Gasteiger partial charge in [0.15, 0.2) is 5.13 Å². The van der Waals surface area contributed by atoms with E-state index in [4.69, 9.17) is 9.78 Å². The minimum absolute atomic E-state index is 0.0762. The highest BCUT2D eigenvalue weighted by atomic mass is 32.1. The van der Waals surface area contributed by atoms with Gasteiger partial charge in [-0.05, 0) is 19.1 Å². The highest BCUT2D eigenvalue weighted by Crippen LogP contribution is 2.23. The molecular formula is C21H20N6O5S. The summed E-state index contributed by atoms with van der Waals surface area (Å²) < 4.78 is 9.64. The van der Waals surface area contributed by atoms with E-state index in [2.05, 4.69) is 30.5 Å². The summed E-state index contributed by atoms with van der Waals surface area (Å²) in [5, 5.41) is 18.5. The summed E-state index contributed by atoms with van der Waals surface area (Å²) in [6.45, 7) is 3.29. The van der Waals surface area contributed by atoms with Crippen molar-refractivity contribution in [3.63, 3.8) is 0 Å². The summed E-state index contributed by atoms with van der Waals surface area (Å²) in [4.78, 5) is 45.5. The number of hydrogen-bond acceptors (Lipinski definition) is 10. The first-order chi connectivity index (χ1) is 15.8. The molecule has 1 aromatic carbocycles. The molecule has 3 rings (SSSR count). The minimum Gasteiger partial charge on any atom is -0.465 e. The standard InChI is InChI=1S/C21H20N6O5S/c1-11-17(20(30)31-3)33-21(23-11)26-16(28)10-15(7-8-22)25-19(29)14-6-4-5-13(9-14)18-24-12(2)32-27-18/h4-6,9,15H,7,10H2,1-3H3,(H,25,29)(H,23,26,28)/t15-/m0/s1. The van der Waals surface area contributed by atoms with Crippen LogP contribution in [0.25, 0.3) is 11.4 Å². The number of aryl methyl sites for hydroxylation is 2. The number of amides is 2. The number of nitriles is 1. The molecule has 0 aliphatic heterocycles. The van der Waals surface area contributed by atoms with Crippen LogP contribution in [0.1, 0.15) is 44.5 Å². The second-order valence-corrected chi connectivity index (χ2v) is 7.93. The molecule has 0 bridgehead atoms. The van der Waals surface area contributed by atoms with Crippen molar-refractivity contribution < 1.29 is 23.6 Å². The van der Waals surface area contributed by atoms with Crippen molar-refractivity contribution in [2.75, 3.05) is 12.4 Å². The molecule has 33 heavy (non-hydrogen) atoms. The average Bonchev–Trinajstić information content (AvgIpc) is 3.38. The number of rotatable bonds is 8. The molecule has 3 aromatic rings. The number of aromatic nitrogens is 3. The second-order valence-electron chi connectivity index (χ2n) is 6.93. The van der Waals surface area contributed by atoms with E-state index >= 15 is 0 Å². The van der Waals surface area contributed by atoms with Crippen molar-refractivity contribution in [1.29, 1.82) is 5.26 Å². The highest BCUT2D eigenvalue weighted by molar-refractivity contribution is 7.17. The fraction of sp³-hybridized carbons (Fsp3) is 0.286. The second kappa shape index (κ2) is 10.5. The highest BCUT2D eigenvalue weighted by Gasteiger charge is 2.21. The van der Waals surface area contributed by atoms with Gasteiger partial charge >= 0.3 is 5.97 Å². The van der Waals surface area contributed by atoms with Gasteiger partial charge in [0.1, 0.15) is 4.88 Å². The Kier molecular flexibility index (Phi) is 7.47. The number of methoxy groups -OCH3 is 1. The Morgan fingerprint density at radius 2 is 2.06 bits per heavy atom. The van der Waals surface area contributed by atoms with Crippen LogP contribution >= 0.6 is 11.3 Å². The van der Waals surface area contributed by atoms with Gasteiger partial charge in [-0.2, -0.15) is 10.2 Å². The summed E-state index contributed by atoms with van der Waals surface area (Å²) >= 11 is 0.983. The number of nitrogens with zero attached hydrogens (tertiary/aromatic N) is 4. The molecule has 11 nitrogen and oxygen atoms in total. The molecular weight excluding hydrogens is 448 g/mol. The number of carbonyl (C=O) groups is 3. The summed E-state index contributed by atoms with van der Waals surface area (Å²) in [5.74, 6) is -0.715. The van der Waals surface area contributed by atoms with Crippen LogP contribution in [0.15, 0.2) is 28.8 Å². The van der Waals surface area contributed by atoms with Gasteiger partial charge in [0.25, 0.3) is 5.91 Å². The van der Waals surface area contributed by atoms with Gasteiger partial charge in [-0.3, -0.25) is 9.59 Å². The first kappa shape index (κ1) is 23.6. The predicted octanol–water partition coefficient (Wildman–Crippen LogP) is 2.64. The van der Waals surface area contributed by atoms with Crippen LogP contribution in [-0.2, 0) is 9.53 Å². The summed E-state index contributed by atoms with van der Waals surface area (Å²) in [7, 11) is 1.26. The van der Waals surface area contributed by atoms with Gasteiger partial charge in [-0.25, -0.2) is 9.78 Å². The van der Waals surface area contributed by atoms with Gasteiger partial charge < -0.3 is 19.9 Å². The van der Waals surface area contributed by atoms with Gasteiger partial charge in [0.05, 0.1) is 31.3 Å². The maximum atomic E-state index is 12.7. The monoisotopic (exact) mass is 468 g/mol. The Balaban J connectivity index is 1.66. The number of benzene rings is 1. The van der Waals surface area contributed by atoms with Gasteiger partial charge in [-0.1, -0.05) is 28.6 Å². The van der Waals surface area contributed by atoms with Crippen LogP contribution in [0.5, 0.6) is 0 Å². The topological polar surface area (TPSA) is 160 Å². The number of anilines is 1. The first-order valence-electron chi connectivity index (χ1n) is 9.74. The van der Waals surface area contributed by atoms with Crippen LogP contribution in [0.2, 0.25) is 0 Å². The number of carbonyl (C=O) groups excluding carboxylic acids is 3. The third-order valence-corrected chi connectivity index (χ3v) is 5.48. The molecule has 2 amide bonds. The molecule has 2 N–H and O–H groups in total. The summed E-state index contributed by atoms with van der Waals surface area (Å²) in [5.41, 5.74) is 1.34. The average molecular weight is 468 g/mol. The van der Waals surface area contributed by atoms with Crippen LogP contribution in [0, 0.1) is 25.2 Å². The number of hydrogen-bond donors (Lipinski definition) is 2. The van der Waals surface area contributed by atoms with E-state index in [-0.39, 0.29) is 22.9 Å². The molecule has 12 heteroatoms. The zero-order valence-electron chi connectivity index (χ0n) is 18.0. The number of thiazole rings is 1. The molecule has 2 aromatic heterocycles. The lowest BCUT2D eigenvalue weighted by atomic mass is 10.1. The summed E-state index contributed by atoms with van der Waals surface area (Å²) in [6.07, 6.45) is -0.234. The van der Waals surface area contributed by atoms with E-state index in [0.29, 0.717) is 28.5 Å². The van der Waals surface area contributed by atoms with E-state index in [1.165, 1.54) is 7.11 Å². The van der Waals surface area contributed by atoms with E-state index in [1.807, 2.05) is 6.07 Å². The molecule has 1 atom stereocenters. The number of ether oxygens (including phenoxy) is 1. The Bertz CT molecular complexity index is 1230. The smallest absolute Gasteiger partial charge is 0.350 e. The normalized spacial score (nSPS) is 11.3. The third kappa shape index (κ3) is 5.98. The van der Waals surface area contributed by atoms with E-state index in [9.17, 15) is 14.4 Å². The SMILES string of the molecule is COC(=O)c1sc(NC(=O)C[C@H](CC#N)NC(=O)c2cccc(-c3noc(C)n3)c2)nc1C. The van der Waals surface area contributed by atoms with Crippen molar-refractivity contribution >= 4 is 34.3 Å². The van der Waals surface area contributed by atoms with Gasteiger partial charge in [0, 0.05) is 24.5 Å². The van der Waals surface area contributed by atoms with Crippen molar-refractivity contribution in [2.24, 2.45) is 0 Å². The largest absolute Gasteiger partial charge is 0.465 e. The maximum Gasteiger partial charge on any atom is 0.350 e. The Morgan fingerprint density at radius 3 is 2.73 bits per heavy atom. The Hall–Kier alpha value is -4.11. The maximum absolute atomic E-state index is 12.7. The molecule has 0 fully saturated rings. The first-order valence-corrected chi connectivity index (χ1v) is 10.6. The van der Waals surface area contributed by atoms with Crippen molar-refractivity contribution in [3.05, 3.63) is 46.3 Å². The van der Waals surface area contributed by atoms with Crippen LogP contribution in [-0.4, -0.2) is 46.1 Å². The third-order valence-electron chi connectivity index (χ3n) is 4.43.